The molecule has 0 amide bonds. The summed E-state index contributed by atoms with van der Waals surface area (Å²) >= 11 is 0. The molecule has 0 unspecified atom stereocenters. The first-order valence-electron chi connectivity index (χ1n) is 10.4. The van der Waals surface area contributed by atoms with Crippen molar-refractivity contribution in [2.75, 3.05) is 42.7 Å². The molecule has 1 N–H and O–H groups in total. The molecule has 0 saturated carbocycles. The van der Waals surface area contributed by atoms with Crippen molar-refractivity contribution in [3.63, 3.8) is 0 Å². The Bertz CT molecular complexity index is 884. The summed E-state index contributed by atoms with van der Waals surface area (Å²) < 4.78 is 34.5. The van der Waals surface area contributed by atoms with E-state index in [1.54, 1.807) is 42.7 Å². The number of hydrogen-bond acceptors (Lipinski definition) is 7. The van der Waals surface area contributed by atoms with Gasteiger partial charge in [0.25, 0.3) is 0 Å². The smallest absolute Gasteiger partial charge is 0.203 e. The zero-order valence-corrected chi connectivity index (χ0v) is 19.7. The number of fused-ring (bicyclic) bond motifs is 2. The third-order valence-electron chi connectivity index (χ3n) is 6.56. The van der Waals surface area contributed by atoms with Gasteiger partial charge in [0.15, 0.2) is 11.5 Å². The molecular weight excluding hydrogens is 400 g/mol. The van der Waals surface area contributed by atoms with Gasteiger partial charge in [-0.2, -0.15) is 0 Å². The van der Waals surface area contributed by atoms with Gasteiger partial charge in [-0.3, -0.25) is 0 Å². The molecule has 0 bridgehead atoms. The monoisotopic (exact) mass is 434 g/mol. The van der Waals surface area contributed by atoms with E-state index >= 15 is 0 Å². The third-order valence-corrected chi connectivity index (χ3v) is 6.56. The van der Waals surface area contributed by atoms with Crippen molar-refractivity contribution >= 4 is 5.57 Å². The summed E-state index contributed by atoms with van der Waals surface area (Å²) in [5.74, 6) is 2.29. The Morgan fingerprint density at radius 3 is 2.06 bits per heavy atom. The Hall–Kier alpha value is -2.22. The van der Waals surface area contributed by atoms with Gasteiger partial charge in [-0.25, -0.2) is 0 Å². The number of hydrogen-bond donors (Lipinski definition) is 1. The molecule has 1 aromatic carbocycles. The molecule has 0 spiro atoms. The number of aliphatic hydroxyl groups is 1. The molecule has 1 aromatic rings. The van der Waals surface area contributed by atoms with Crippen LogP contribution < -0.4 is 14.2 Å². The molecule has 2 aliphatic carbocycles. The molecule has 4 atom stereocenters. The van der Waals surface area contributed by atoms with Crippen LogP contribution in [0.15, 0.2) is 23.5 Å². The summed E-state index contributed by atoms with van der Waals surface area (Å²) in [6, 6.07) is 1.96. The van der Waals surface area contributed by atoms with Gasteiger partial charge in [-0.15, -0.1) is 0 Å². The van der Waals surface area contributed by atoms with Crippen molar-refractivity contribution in [3.8, 4) is 17.2 Å². The van der Waals surface area contributed by atoms with Crippen LogP contribution in [0.1, 0.15) is 31.4 Å². The van der Waals surface area contributed by atoms with E-state index < -0.39 is 17.8 Å². The number of benzene rings is 1. The van der Waals surface area contributed by atoms with Crippen molar-refractivity contribution in [3.05, 3.63) is 34.6 Å². The predicted octanol–water partition coefficient (Wildman–Crippen LogP) is 3.37. The number of rotatable bonds is 6. The molecule has 3 rings (SSSR count). The standard InChI is InChI=1S/C24H34O7/c1-13-9-14-10-16(26-3)20(28-5)22(30-7)18(14)19-15(12-24(13,2)25)11-17(27-4)21(29-6)23(19)31-8/h10-11,13,21,23,25H,9,12H2,1-8H3/t13-,21-,23+,24+/m1/s1. The first kappa shape index (κ1) is 23.4. The molecule has 0 radical (unpaired) electrons. The number of ether oxygens (including phenoxy) is 6. The molecule has 7 heteroatoms. The van der Waals surface area contributed by atoms with E-state index in [9.17, 15) is 5.11 Å². The van der Waals surface area contributed by atoms with Gasteiger partial charge in [0.2, 0.25) is 5.75 Å². The zero-order valence-electron chi connectivity index (χ0n) is 19.7. The molecule has 172 valence electrons. The molecule has 7 nitrogen and oxygen atoms in total. The van der Waals surface area contributed by atoms with E-state index in [0.717, 1.165) is 22.3 Å². The summed E-state index contributed by atoms with van der Waals surface area (Å²) in [5, 5.41) is 11.3. The SMILES string of the molecule is COC1=CC2=C(c3c(cc(OC)c(OC)c3OC)C[C@@H](C)[C@@](C)(O)C2)[C@H](OC)[C@@H]1OC. The normalized spacial score (nSPS) is 28.0. The fourth-order valence-corrected chi connectivity index (χ4v) is 4.69. The Balaban J connectivity index is 2.45. The summed E-state index contributed by atoms with van der Waals surface area (Å²) in [5.41, 5.74) is 2.75. The van der Waals surface area contributed by atoms with Crippen LogP contribution in [-0.4, -0.2) is 65.6 Å². The second kappa shape index (κ2) is 9.10. The zero-order chi connectivity index (χ0) is 22.9. The highest BCUT2D eigenvalue weighted by molar-refractivity contribution is 5.85. The van der Waals surface area contributed by atoms with Gasteiger partial charge >= 0.3 is 0 Å². The van der Waals surface area contributed by atoms with Gasteiger partial charge in [0, 0.05) is 26.2 Å². The van der Waals surface area contributed by atoms with Crippen LogP contribution in [0.25, 0.3) is 5.57 Å². The summed E-state index contributed by atoms with van der Waals surface area (Å²) in [4.78, 5) is 0. The lowest BCUT2D eigenvalue weighted by Gasteiger charge is -2.40. The largest absolute Gasteiger partial charge is 0.498 e. The third kappa shape index (κ3) is 3.90. The summed E-state index contributed by atoms with van der Waals surface area (Å²) in [6.07, 6.45) is 2.11. The first-order valence-corrected chi connectivity index (χ1v) is 10.4. The van der Waals surface area contributed by atoms with Crippen LogP contribution in [0.5, 0.6) is 17.2 Å². The predicted molar refractivity (Wildman–Crippen MR) is 118 cm³/mol. The highest BCUT2D eigenvalue weighted by Gasteiger charge is 2.43. The highest BCUT2D eigenvalue weighted by Crippen LogP contribution is 2.51. The van der Waals surface area contributed by atoms with Crippen molar-refractivity contribution in [1.29, 1.82) is 0 Å². The molecule has 0 aliphatic heterocycles. The van der Waals surface area contributed by atoms with Gasteiger partial charge in [-0.05, 0) is 48.1 Å². The molecule has 0 saturated heterocycles. The quantitative estimate of drug-likeness (QED) is 0.736. The minimum atomic E-state index is -0.938. The van der Waals surface area contributed by atoms with E-state index in [-0.39, 0.29) is 5.92 Å². The average molecular weight is 435 g/mol. The Kier molecular flexibility index (Phi) is 6.88. The molecule has 31 heavy (non-hydrogen) atoms. The molecule has 0 aromatic heterocycles. The lowest BCUT2D eigenvalue weighted by atomic mass is 9.72. The van der Waals surface area contributed by atoms with Crippen LogP contribution in [0, 0.1) is 5.92 Å². The second-order valence-electron chi connectivity index (χ2n) is 8.32. The van der Waals surface area contributed by atoms with E-state index in [1.807, 2.05) is 26.0 Å². The van der Waals surface area contributed by atoms with Crippen molar-refractivity contribution in [1.82, 2.24) is 0 Å². The van der Waals surface area contributed by atoms with Gasteiger partial charge < -0.3 is 33.5 Å². The van der Waals surface area contributed by atoms with Crippen molar-refractivity contribution in [2.24, 2.45) is 5.92 Å². The Labute approximate surface area is 184 Å². The maximum Gasteiger partial charge on any atom is 0.203 e. The lowest BCUT2D eigenvalue weighted by molar-refractivity contribution is -0.0175. The van der Waals surface area contributed by atoms with Gasteiger partial charge in [0.05, 0.1) is 34.0 Å². The van der Waals surface area contributed by atoms with Crippen LogP contribution in [0.2, 0.25) is 0 Å². The Morgan fingerprint density at radius 1 is 0.903 bits per heavy atom. The minimum Gasteiger partial charge on any atom is -0.498 e. The molecule has 2 aliphatic rings. The fraction of sp³-hybridized carbons (Fsp3) is 0.583. The van der Waals surface area contributed by atoms with Crippen LogP contribution >= 0.6 is 0 Å². The Morgan fingerprint density at radius 2 is 1.55 bits per heavy atom. The molecular formula is C24H34O7. The summed E-state index contributed by atoms with van der Waals surface area (Å²) in [7, 11) is 9.70. The van der Waals surface area contributed by atoms with Gasteiger partial charge in [-0.1, -0.05) is 6.92 Å². The molecule has 0 heterocycles. The first-order chi connectivity index (χ1) is 14.8. The van der Waals surface area contributed by atoms with E-state index in [4.69, 9.17) is 28.4 Å². The van der Waals surface area contributed by atoms with E-state index in [1.165, 1.54) is 0 Å². The average Bonchev–Trinajstić information content (AvgIpc) is 2.76. The van der Waals surface area contributed by atoms with Gasteiger partial charge in [0.1, 0.15) is 18.0 Å². The highest BCUT2D eigenvalue weighted by atomic mass is 16.6. The maximum absolute atomic E-state index is 11.3. The lowest BCUT2D eigenvalue weighted by Crippen LogP contribution is -2.41. The maximum atomic E-state index is 11.3. The van der Waals surface area contributed by atoms with Crippen LogP contribution in [0.4, 0.5) is 0 Å². The second-order valence-corrected chi connectivity index (χ2v) is 8.32. The minimum absolute atomic E-state index is 0.0244. The molecule has 0 fully saturated rings. The summed E-state index contributed by atoms with van der Waals surface area (Å²) in [6.45, 7) is 3.92. The number of allylic oxidation sites excluding steroid dienone is 1. The van der Waals surface area contributed by atoms with Crippen LogP contribution in [-0.2, 0) is 20.6 Å². The fourth-order valence-electron chi connectivity index (χ4n) is 4.69. The van der Waals surface area contributed by atoms with Crippen molar-refractivity contribution in [2.45, 2.75) is 44.5 Å². The number of methoxy groups -OCH3 is 6. The van der Waals surface area contributed by atoms with Crippen molar-refractivity contribution < 1.29 is 33.5 Å². The van der Waals surface area contributed by atoms with E-state index in [0.29, 0.717) is 35.8 Å². The van der Waals surface area contributed by atoms with Crippen LogP contribution in [0.3, 0.4) is 0 Å². The van der Waals surface area contributed by atoms with E-state index in [2.05, 4.69) is 0 Å². The topological polar surface area (TPSA) is 75.6 Å².